The van der Waals surface area contributed by atoms with Crippen LogP contribution in [0, 0.1) is 0 Å². The summed E-state index contributed by atoms with van der Waals surface area (Å²) in [7, 11) is -0.0684. The van der Waals surface area contributed by atoms with Gasteiger partial charge >= 0.3 is 11.9 Å². The summed E-state index contributed by atoms with van der Waals surface area (Å²) in [5.74, 6) is -2.11. The van der Waals surface area contributed by atoms with Gasteiger partial charge in [-0.25, -0.2) is 18.0 Å². The van der Waals surface area contributed by atoms with E-state index in [1.807, 2.05) is 0 Å². The van der Waals surface area contributed by atoms with Crippen LogP contribution in [0.5, 0.6) is 0 Å². The van der Waals surface area contributed by atoms with Crippen molar-refractivity contribution >= 4 is 33.6 Å². The number of nitrogens with zero attached hydrogens (tertiary/aromatic N) is 1. The molecule has 0 saturated heterocycles. The normalized spacial score (nSPS) is 12.2. The number of carbonyl (C=O) groups excluding carboxylic acids is 3. The van der Waals surface area contributed by atoms with Gasteiger partial charge in [-0.3, -0.25) is 4.79 Å². The Morgan fingerprint density at radius 2 is 1.43 bits per heavy atom. The van der Waals surface area contributed by atoms with Gasteiger partial charge in [0.2, 0.25) is 15.9 Å². The smallest absolute Gasteiger partial charge is 0.337 e. The first-order valence-electron chi connectivity index (χ1n) is 8.69. The second-order valence-electron chi connectivity index (χ2n) is 6.36. The Hall–Kier alpha value is -3.24. The van der Waals surface area contributed by atoms with Gasteiger partial charge in [0.05, 0.1) is 31.6 Å². The molecular formula is C20H22N2O7S. The zero-order valence-electron chi connectivity index (χ0n) is 16.9. The fraction of sp³-hybridized carbons (Fsp3) is 0.250. The molecule has 30 heavy (non-hydrogen) atoms. The second kappa shape index (κ2) is 9.51. The van der Waals surface area contributed by atoms with E-state index in [4.69, 9.17) is 0 Å². The van der Waals surface area contributed by atoms with Crippen LogP contribution < -0.4 is 5.32 Å². The lowest BCUT2D eigenvalue weighted by Crippen LogP contribution is -2.38. The van der Waals surface area contributed by atoms with Crippen LogP contribution in [0.3, 0.4) is 0 Å². The average Bonchev–Trinajstić information content (AvgIpc) is 2.72. The molecule has 0 spiro atoms. The molecule has 1 amide bonds. The standard InChI is InChI=1S/C20H22N2O7S/c1-22(30(4,26)27)17(13-8-6-5-7-9-13)18(23)21-16-11-14(19(24)28-2)10-15(12-16)20(25)29-3/h5-12,17H,1-4H3,(H,21,23)/t17-/m1/s1. The van der Waals surface area contributed by atoms with Crippen molar-refractivity contribution in [2.24, 2.45) is 0 Å². The lowest BCUT2D eigenvalue weighted by molar-refractivity contribution is -0.119. The van der Waals surface area contributed by atoms with Crippen molar-refractivity contribution < 1.29 is 32.3 Å². The number of esters is 2. The molecule has 0 aliphatic carbocycles. The highest BCUT2D eigenvalue weighted by Crippen LogP contribution is 2.25. The first-order valence-corrected chi connectivity index (χ1v) is 10.5. The van der Waals surface area contributed by atoms with E-state index in [1.54, 1.807) is 30.3 Å². The van der Waals surface area contributed by atoms with Gasteiger partial charge in [0, 0.05) is 12.7 Å². The molecule has 0 fully saturated rings. The van der Waals surface area contributed by atoms with E-state index in [1.165, 1.54) is 39.5 Å². The molecule has 1 atom stereocenters. The molecule has 0 bridgehead atoms. The third-order valence-electron chi connectivity index (χ3n) is 4.29. The molecule has 0 radical (unpaired) electrons. The topological polar surface area (TPSA) is 119 Å². The van der Waals surface area contributed by atoms with Gasteiger partial charge in [0.1, 0.15) is 6.04 Å². The van der Waals surface area contributed by atoms with Gasteiger partial charge in [-0.05, 0) is 23.8 Å². The number of carbonyl (C=O) groups is 3. The van der Waals surface area contributed by atoms with E-state index in [2.05, 4.69) is 14.8 Å². The lowest BCUT2D eigenvalue weighted by Gasteiger charge is -2.25. The Kier molecular flexibility index (Phi) is 7.30. The van der Waals surface area contributed by atoms with Gasteiger partial charge in [0.15, 0.2) is 0 Å². The number of nitrogens with one attached hydrogen (secondary N) is 1. The molecular weight excluding hydrogens is 412 g/mol. The molecule has 1 N–H and O–H groups in total. The molecule has 0 aromatic heterocycles. The number of rotatable bonds is 7. The number of hydrogen-bond donors (Lipinski definition) is 1. The van der Waals surface area contributed by atoms with Gasteiger partial charge < -0.3 is 14.8 Å². The summed E-state index contributed by atoms with van der Waals surface area (Å²) in [5, 5.41) is 2.57. The van der Waals surface area contributed by atoms with Crippen molar-refractivity contribution in [2.75, 3.05) is 32.8 Å². The molecule has 2 aromatic carbocycles. The van der Waals surface area contributed by atoms with Crippen LogP contribution in [-0.2, 0) is 24.3 Å². The number of ether oxygens (including phenoxy) is 2. The highest BCUT2D eigenvalue weighted by atomic mass is 32.2. The Labute approximate surface area is 174 Å². The van der Waals surface area contributed by atoms with Crippen molar-refractivity contribution in [3.8, 4) is 0 Å². The van der Waals surface area contributed by atoms with E-state index in [0.29, 0.717) is 5.56 Å². The second-order valence-corrected chi connectivity index (χ2v) is 8.41. The predicted octanol–water partition coefficient (Wildman–Crippen LogP) is 1.83. The summed E-state index contributed by atoms with van der Waals surface area (Å²) in [6.07, 6.45) is 0.990. The minimum atomic E-state index is -3.71. The van der Waals surface area contributed by atoms with Crippen molar-refractivity contribution in [1.82, 2.24) is 4.31 Å². The molecule has 0 heterocycles. The SMILES string of the molecule is COC(=O)c1cc(NC(=O)[C@@H](c2ccccc2)N(C)S(C)(=O)=O)cc(C(=O)OC)c1. The summed E-state index contributed by atoms with van der Waals surface area (Å²) in [6, 6.07) is 11.1. The zero-order chi connectivity index (χ0) is 22.5. The number of methoxy groups -OCH3 is 2. The van der Waals surface area contributed by atoms with Crippen LogP contribution >= 0.6 is 0 Å². The van der Waals surface area contributed by atoms with Crippen molar-refractivity contribution in [2.45, 2.75) is 6.04 Å². The summed E-state index contributed by atoms with van der Waals surface area (Å²) in [6.45, 7) is 0. The largest absolute Gasteiger partial charge is 0.465 e. The van der Waals surface area contributed by atoms with Gasteiger partial charge in [-0.15, -0.1) is 0 Å². The van der Waals surface area contributed by atoms with Crippen LogP contribution in [0.4, 0.5) is 5.69 Å². The van der Waals surface area contributed by atoms with Gasteiger partial charge in [-0.2, -0.15) is 4.31 Å². The highest BCUT2D eigenvalue weighted by molar-refractivity contribution is 7.88. The third-order valence-corrected chi connectivity index (χ3v) is 5.55. The molecule has 9 nitrogen and oxygen atoms in total. The number of anilines is 1. The van der Waals surface area contributed by atoms with Crippen LogP contribution in [0.25, 0.3) is 0 Å². The molecule has 0 unspecified atom stereocenters. The molecule has 0 saturated carbocycles. The summed E-state index contributed by atoms with van der Waals surface area (Å²) >= 11 is 0. The van der Waals surface area contributed by atoms with E-state index in [9.17, 15) is 22.8 Å². The Morgan fingerprint density at radius 3 is 1.87 bits per heavy atom. The maximum Gasteiger partial charge on any atom is 0.337 e. The van der Waals surface area contributed by atoms with E-state index in [0.717, 1.165) is 10.6 Å². The first-order chi connectivity index (χ1) is 14.1. The third kappa shape index (κ3) is 5.43. The van der Waals surface area contributed by atoms with Gasteiger partial charge in [0.25, 0.3) is 0 Å². The minimum absolute atomic E-state index is 0.0171. The Balaban J connectivity index is 2.48. The first kappa shape index (κ1) is 23.0. The summed E-state index contributed by atoms with van der Waals surface area (Å²) in [4.78, 5) is 36.9. The van der Waals surface area contributed by atoms with Crippen LogP contribution in [0.2, 0.25) is 0 Å². The van der Waals surface area contributed by atoms with Crippen molar-refractivity contribution in [1.29, 1.82) is 0 Å². The quantitative estimate of drug-likeness (QED) is 0.660. The van der Waals surface area contributed by atoms with E-state index >= 15 is 0 Å². The molecule has 10 heteroatoms. The Bertz CT molecular complexity index is 1020. The predicted molar refractivity (Wildman–Crippen MR) is 110 cm³/mol. The fourth-order valence-corrected chi connectivity index (χ4v) is 3.34. The molecule has 0 aliphatic heterocycles. The number of hydrogen-bond acceptors (Lipinski definition) is 7. The average molecular weight is 434 g/mol. The monoisotopic (exact) mass is 434 g/mol. The maximum atomic E-state index is 13.1. The fourth-order valence-electron chi connectivity index (χ4n) is 2.74. The number of likely N-dealkylation sites (N-methyl/N-ethyl adjacent to an activating group) is 1. The maximum absolute atomic E-state index is 13.1. The summed E-state index contributed by atoms with van der Waals surface area (Å²) < 4.78 is 34.5. The van der Waals surface area contributed by atoms with E-state index in [-0.39, 0.29) is 16.8 Å². The zero-order valence-corrected chi connectivity index (χ0v) is 17.7. The van der Waals surface area contributed by atoms with E-state index < -0.39 is 33.9 Å². The summed E-state index contributed by atoms with van der Waals surface area (Å²) in [5.41, 5.74) is 0.582. The number of sulfonamides is 1. The van der Waals surface area contributed by atoms with Crippen LogP contribution in [-0.4, -0.2) is 58.1 Å². The minimum Gasteiger partial charge on any atom is -0.465 e. The van der Waals surface area contributed by atoms with Crippen molar-refractivity contribution in [3.05, 3.63) is 65.2 Å². The molecule has 160 valence electrons. The lowest BCUT2D eigenvalue weighted by atomic mass is 10.1. The molecule has 2 rings (SSSR count). The Morgan fingerprint density at radius 1 is 0.933 bits per heavy atom. The number of amides is 1. The number of benzene rings is 2. The van der Waals surface area contributed by atoms with Crippen molar-refractivity contribution in [3.63, 3.8) is 0 Å². The highest BCUT2D eigenvalue weighted by Gasteiger charge is 2.31. The molecule has 0 aliphatic rings. The van der Waals surface area contributed by atoms with Gasteiger partial charge in [-0.1, -0.05) is 30.3 Å². The van der Waals surface area contributed by atoms with Crippen LogP contribution in [0.15, 0.2) is 48.5 Å². The molecule has 2 aromatic rings. The van der Waals surface area contributed by atoms with Crippen LogP contribution in [0.1, 0.15) is 32.3 Å².